The monoisotopic (exact) mass is 896 g/mol. The van der Waals surface area contributed by atoms with Crippen LogP contribution in [0.1, 0.15) is 245 Å². The first kappa shape index (κ1) is 60.7. The first-order chi connectivity index (χ1) is 30.0. The summed E-state index contributed by atoms with van der Waals surface area (Å²) in [7, 11) is 1.55. The van der Waals surface area contributed by atoms with Gasteiger partial charge in [0.2, 0.25) is 5.91 Å². The number of rotatable bonds is 48. The lowest BCUT2D eigenvalue weighted by molar-refractivity contribution is -0.870. The second-order valence-electron chi connectivity index (χ2n) is 19.2. The topological polar surface area (TPSA) is 105 Å². The van der Waals surface area contributed by atoms with Gasteiger partial charge in [-0.15, -0.1) is 0 Å². The van der Waals surface area contributed by atoms with Crippen LogP contribution in [0.25, 0.3) is 0 Å². The largest absolute Gasteiger partial charge is 0.472 e. The van der Waals surface area contributed by atoms with E-state index in [0.29, 0.717) is 17.4 Å². The van der Waals surface area contributed by atoms with Gasteiger partial charge < -0.3 is 19.8 Å². The van der Waals surface area contributed by atoms with Crippen LogP contribution < -0.4 is 5.32 Å². The molecule has 8 nitrogen and oxygen atoms in total. The van der Waals surface area contributed by atoms with E-state index in [9.17, 15) is 19.4 Å². The van der Waals surface area contributed by atoms with Gasteiger partial charge in [-0.2, -0.15) is 0 Å². The molecule has 62 heavy (non-hydrogen) atoms. The number of aliphatic hydroxyl groups is 1. The Balaban J connectivity index is 4.35. The molecule has 0 aliphatic carbocycles. The van der Waals surface area contributed by atoms with E-state index in [4.69, 9.17) is 9.05 Å². The molecule has 0 saturated heterocycles. The highest BCUT2D eigenvalue weighted by molar-refractivity contribution is 7.47. The third-order valence-corrected chi connectivity index (χ3v) is 12.8. The molecule has 366 valence electrons. The number of carbonyl (C=O) groups is 1. The van der Waals surface area contributed by atoms with Gasteiger partial charge in [-0.1, -0.05) is 230 Å². The lowest BCUT2D eigenvalue weighted by Crippen LogP contribution is -2.45. The fourth-order valence-electron chi connectivity index (χ4n) is 7.66. The number of aliphatic hydroxyl groups excluding tert-OH is 1. The molecule has 0 fully saturated rings. The average Bonchev–Trinajstić information content (AvgIpc) is 3.23. The molecule has 0 aliphatic rings. The predicted molar refractivity (Wildman–Crippen MR) is 268 cm³/mol. The molecule has 3 unspecified atom stereocenters. The Morgan fingerprint density at radius 1 is 0.532 bits per heavy atom. The molecule has 3 N–H and O–H groups in total. The molecule has 0 aliphatic heterocycles. The summed E-state index contributed by atoms with van der Waals surface area (Å²) >= 11 is 0. The first-order valence-corrected chi connectivity index (χ1v) is 27.9. The van der Waals surface area contributed by atoms with Gasteiger partial charge in [-0.05, 0) is 44.9 Å². The van der Waals surface area contributed by atoms with E-state index in [1.165, 1.54) is 180 Å². The van der Waals surface area contributed by atoms with E-state index < -0.39 is 20.0 Å². The number of phosphoric acid groups is 1. The van der Waals surface area contributed by atoms with Gasteiger partial charge in [0.15, 0.2) is 0 Å². The van der Waals surface area contributed by atoms with Crippen LogP contribution in [-0.4, -0.2) is 73.4 Å². The molecule has 0 spiro atoms. The molecule has 3 atom stereocenters. The summed E-state index contributed by atoms with van der Waals surface area (Å²) < 4.78 is 23.6. The smallest absolute Gasteiger partial charge is 0.387 e. The lowest BCUT2D eigenvalue weighted by atomic mass is 10.0. The number of quaternary nitrogens is 1. The third kappa shape index (κ3) is 46.7. The van der Waals surface area contributed by atoms with E-state index >= 15 is 0 Å². The summed E-state index contributed by atoms with van der Waals surface area (Å²) in [6.07, 6.45) is 56.6. The van der Waals surface area contributed by atoms with Gasteiger partial charge in [0.1, 0.15) is 13.2 Å². The Morgan fingerprint density at radius 2 is 0.887 bits per heavy atom. The van der Waals surface area contributed by atoms with Gasteiger partial charge in [0.05, 0.1) is 39.9 Å². The van der Waals surface area contributed by atoms with Crippen LogP contribution >= 0.6 is 7.82 Å². The van der Waals surface area contributed by atoms with Gasteiger partial charge in [0.25, 0.3) is 0 Å². The zero-order valence-electron chi connectivity index (χ0n) is 41.6. The molecule has 0 heterocycles. The number of amides is 1. The summed E-state index contributed by atoms with van der Waals surface area (Å²) in [6.45, 7) is 4.81. The van der Waals surface area contributed by atoms with Crippen molar-refractivity contribution in [2.75, 3.05) is 40.9 Å². The number of unbranched alkanes of at least 4 members (excludes halogenated alkanes) is 31. The number of phosphoric ester groups is 1. The summed E-state index contributed by atoms with van der Waals surface area (Å²) in [4.78, 5) is 23.2. The zero-order valence-corrected chi connectivity index (χ0v) is 42.5. The minimum atomic E-state index is -4.35. The summed E-state index contributed by atoms with van der Waals surface area (Å²) in [6, 6.07) is -0.867. The molecule has 1 amide bonds. The van der Waals surface area contributed by atoms with Crippen molar-refractivity contribution in [1.82, 2.24) is 5.32 Å². The first-order valence-electron chi connectivity index (χ1n) is 26.4. The second-order valence-corrected chi connectivity index (χ2v) is 20.7. The van der Waals surface area contributed by atoms with Crippen LogP contribution in [0.15, 0.2) is 36.5 Å². The number of nitrogens with one attached hydrogen (secondary N) is 1. The minimum absolute atomic E-state index is 0.0550. The predicted octanol–water partition coefficient (Wildman–Crippen LogP) is 15.4. The van der Waals surface area contributed by atoms with Crippen molar-refractivity contribution in [3.63, 3.8) is 0 Å². The SMILES string of the molecule is CCCCCCCCCCCC/C=C/CC/C=C/CC/C=C/C(O)C(COP(=O)(O)OCC[N+](C)(C)C)NC(=O)CCCCCCCCCCCCCCCCCCCCCC. The van der Waals surface area contributed by atoms with Gasteiger partial charge in [-0.3, -0.25) is 13.8 Å². The Morgan fingerprint density at radius 3 is 1.29 bits per heavy atom. The summed E-state index contributed by atoms with van der Waals surface area (Å²) in [5, 5.41) is 13.9. The molecule has 9 heteroatoms. The number of hydrogen-bond donors (Lipinski definition) is 3. The molecular weight excluding hydrogens is 792 g/mol. The fraction of sp³-hybridized carbons (Fsp3) is 0.868. The second kappa shape index (κ2) is 44.9. The number of allylic oxidation sites excluding steroid dienone is 5. The van der Waals surface area contributed by atoms with Gasteiger partial charge in [-0.25, -0.2) is 4.57 Å². The molecular formula is C53H104N2O6P+. The fourth-order valence-corrected chi connectivity index (χ4v) is 8.40. The van der Waals surface area contributed by atoms with E-state index in [1.807, 2.05) is 27.2 Å². The summed E-state index contributed by atoms with van der Waals surface area (Å²) in [5.74, 6) is -0.187. The van der Waals surface area contributed by atoms with Crippen LogP contribution in [0.3, 0.4) is 0 Å². The normalized spacial score (nSPS) is 14.4. The third-order valence-electron chi connectivity index (χ3n) is 11.8. The highest BCUT2D eigenvalue weighted by Crippen LogP contribution is 2.43. The van der Waals surface area contributed by atoms with E-state index in [-0.39, 0.29) is 19.1 Å². The van der Waals surface area contributed by atoms with Crippen molar-refractivity contribution < 1.29 is 32.9 Å². The molecule has 0 radical (unpaired) electrons. The molecule has 0 aromatic rings. The number of likely N-dealkylation sites (N-methyl/N-ethyl adjacent to an activating group) is 1. The van der Waals surface area contributed by atoms with E-state index in [0.717, 1.165) is 44.9 Å². The summed E-state index contributed by atoms with van der Waals surface area (Å²) in [5.41, 5.74) is 0. The van der Waals surface area contributed by atoms with E-state index in [1.54, 1.807) is 6.08 Å². The molecule has 0 saturated carbocycles. The Hall–Kier alpha value is -1.28. The Bertz CT molecular complexity index is 1110. The minimum Gasteiger partial charge on any atom is -0.387 e. The van der Waals surface area contributed by atoms with Crippen LogP contribution in [0.5, 0.6) is 0 Å². The number of carbonyl (C=O) groups excluding carboxylic acids is 1. The maximum absolute atomic E-state index is 12.9. The number of hydrogen-bond acceptors (Lipinski definition) is 5. The highest BCUT2D eigenvalue weighted by Gasteiger charge is 2.27. The zero-order chi connectivity index (χ0) is 45.7. The molecule has 0 rings (SSSR count). The van der Waals surface area contributed by atoms with Crippen molar-refractivity contribution in [3.05, 3.63) is 36.5 Å². The standard InChI is InChI=1S/C53H103N2O6P/c1-6-8-10-12-14-16-18-20-22-24-26-28-30-32-34-36-38-40-42-44-46-52(56)51(50-61-62(58,59)60-49-48-55(3,4)5)54-53(57)47-45-43-41-39-37-35-33-31-29-27-25-23-21-19-17-15-13-11-9-7-2/h28,30,36,38,44,46,51-52,56H,6-27,29,31-35,37,39-43,45,47-50H2,1-5H3,(H-,54,57,58,59)/p+1/b30-28+,38-36+,46-44+. The molecule has 0 aromatic carbocycles. The van der Waals surface area contributed by atoms with Crippen molar-refractivity contribution >= 4 is 13.7 Å². The Kier molecular flexibility index (Phi) is 44.0. The number of nitrogens with zero attached hydrogens (tertiary/aromatic N) is 1. The van der Waals surface area contributed by atoms with Crippen LogP contribution in [0.2, 0.25) is 0 Å². The molecule has 0 bridgehead atoms. The highest BCUT2D eigenvalue weighted by atomic mass is 31.2. The van der Waals surface area contributed by atoms with Crippen molar-refractivity contribution in [1.29, 1.82) is 0 Å². The van der Waals surface area contributed by atoms with Crippen molar-refractivity contribution in [3.8, 4) is 0 Å². The Labute approximate surface area is 385 Å². The van der Waals surface area contributed by atoms with E-state index in [2.05, 4.69) is 43.5 Å². The van der Waals surface area contributed by atoms with Crippen LogP contribution in [0, 0.1) is 0 Å². The quantitative estimate of drug-likeness (QED) is 0.0243. The maximum Gasteiger partial charge on any atom is 0.472 e. The van der Waals surface area contributed by atoms with Crippen molar-refractivity contribution in [2.45, 2.75) is 257 Å². The van der Waals surface area contributed by atoms with Crippen LogP contribution in [-0.2, 0) is 18.4 Å². The van der Waals surface area contributed by atoms with Crippen molar-refractivity contribution in [2.24, 2.45) is 0 Å². The van der Waals surface area contributed by atoms with Gasteiger partial charge in [0, 0.05) is 6.42 Å². The average molecular weight is 896 g/mol. The maximum atomic E-state index is 12.9. The molecule has 0 aromatic heterocycles. The lowest BCUT2D eigenvalue weighted by Gasteiger charge is -2.25. The van der Waals surface area contributed by atoms with Crippen LogP contribution in [0.4, 0.5) is 0 Å². The van der Waals surface area contributed by atoms with Gasteiger partial charge >= 0.3 is 7.82 Å².